The maximum atomic E-state index is 3.42. The molecule has 0 spiro atoms. The largest absolute Gasteiger partial charge is 0.451 e. The van der Waals surface area contributed by atoms with Gasteiger partial charge in [0.2, 0.25) is 0 Å². The Bertz CT molecular complexity index is 68.5. The van der Waals surface area contributed by atoms with Gasteiger partial charge in [0, 0.05) is 37.1 Å². The fourth-order valence-corrected chi connectivity index (χ4v) is 0.718. The third-order valence-corrected chi connectivity index (χ3v) is 1.33. The van der Waals surface area contributed by atoms with E-state index < -0.39 is 0 Å². The SMILES string of the molecule is [CH-]1C2[CH-]C1[CH-]2.[CH2-]C([CH2-])[CH2-].[V].[V]. The maximum Gasteiger partial charge on any atom is 0 e. The summed E-state index contributed by atoms with van der Waals surface area (Å²) in [5.74, 6) is 1.75. The van der Waals surface area contributed by atoms with Gasteiger partial charge in [-0.1, -0.05) is 0 Å². The molecule has 0 aromatic heterocycles. The third kappa shape index (κ3) is 5.41. The van der Waals surface area contributed by atoms with Gasteiger partial charge in [0.15, 0.2) is 0 Å². The molecule has 2 radical (unpaired) electrons. The summed E-state index contributed by atoms with van der Waals surface area (Å²) in [6, 6.07) is 0. The first-order valence-electron chi connectivity index (χ1n) is 3.22. The van der Waals surface area contributed by atoms with Gasteiger partial charge in [-0.25, -0.2) is 0 Å². The smallest absolute Gasteiger partial charge is 0 e. The van der Waals surface area contributed by atoms with Crippen LogP contribution in [0.3, 0.4) is 0 Å². The van der Waals surface area contributed by atoms with E-state index in [1.807, 2.05) is 0 Å². The van der Waals surface area contributed by atoms with Crippen LogP contribution in [0.4, 0.5) is 0 Å². The van der Waals surface area contributed by atoms with Crippen LogP contribution in [-0.4, -0.2) is 0 Å². The first-order chi connectivity index (χ1) is 4.18. The molecule has 3 aliphatic rings. The van der Waals surface area contributed by atoms with Crippen LogP contribution >= 0.6 is 0 Å². The zero-order valence-electron chi connectivity index (χ0n) is 6.48. The Morgan fingerprint density at radius 1 is 0.818 bits per heavy atom. The zero-order chi connectivity index (χ0) is 6.85. The van der Waals surface area contributed by atoms with Crippen molar-refractivity contribution in [2.75, 3.05) is 0 Å². The number of hydrogen-bond acceptors (Lipinski definition) is 0. The van der Waals surface area contributed by atoms with Gasteiger partial charge < -0.3 is 57.8 Å². The molecule has 0 N–H and O–H groups in total. The van der Waals surface area contributed by atoms with Crippen LogP contribution < -0.4 is 0 Å². The van der Waals surface area contributed by atoms with E-state index in [2.05, 4.69) is 40.0 Å². The van der Waals surface area contributed by atoms with Crippen molar-refractivity contribution in [2.45, 2.75) is 0 Å². The van der Waals surface area contributed by atoms with Crippen molar-refractivity contribution in [1.82, 2.24) is 0 Å². The maximum absolute atomic E-state index is 3.42. The van der Waals surface area contributed by atoms with Crippen LogP contribution in [0.1, 0.15) is 0 Å². The van der Waals surface area contributed by atoms with Gasteiger partial charge in [0.05, 0.1) is 0 Å². The van der Waals surface area contributed by atoms with E-state index in [1.165, 1.54) is 0 Å². The Hall–Kier alpha value is 1.17. The predicted octanol–water partition coefficient (Wildman–Crippen LogP) is 1.96. The Morgan fingerprint density at radius 3 is 0.909 bits per heavy atom. The van der Waals surface area contributed by atoms with Crippen LogP contribution in [0.15, 0.2) is 0 Å². The molecule has 0 saturated heterocycles. The quantitative estimate of drug-likeness (QED) is 0.549. The number of rotatable bonds is 0. The van der Waals surface area contributed by atoms with Crippen molar-refractivity contribution in [3.05, 3.63) is 40.0 Å². The van der Waals surface area contributed by atoms with Crippen molar-refractivity contribution >= 4 is 0 Å². The molecule has 2 bridgehead atoms. The van der Waals surface area contributed by atoms with Crippen LogP contribution in [0, 0.1) is 57.8 Å². The van der Waals surface area contributed by atoms with Gasteiger partial charge >= 0.3 is 0 Å². The second-order valence-electron chi connectivity index (χ2n) is 2.60. The molecule has 0 unspecified atom stereocenters. The summed E-state index contributed by atoms with van der Waals surface area (Å²) in [5, 5.41) is 0. The fraction of sp³-hybridized carbons (Fsp3) is 0.333. The van der Waals surface area contributed by atoms with Gasteiger partial charge in [-0.3, -0.25) is 0 Å². The Kier molecular flexibility index (Phi) is 8.89. The molecule has 2 heteroatoms. The zero-order valence-corrected chi connectivity index (χ0v) is 9.27. The molecule has 64 valence electrons. The van der Waals surface area contributed by atoms with E-state index in [0.717, 1.165) is 11.8 Å². The molecule has 0 aromatic carbocycles. The fourth-order valence-electron chi connectivity index (χ4n) is 0.718. The minimum atomic E-state index is 0. The van der Waals surface area contributed by atoms with Crippen molar-refractivity contribution in [3.63, 3.8) is 0 Å². The number of hydrogen-bond donors (Lipinski definition) is 0. The molecular formula is C9H12V2-6. The molecule has 3 rings (SSSR count). The second kappa shape index (κ2) is 6.66. The standard InChI is InChI=1S/C5H5.C4H7.2V/c1-4-2-5(1)3-4;1-4(2)3;;/h1-5H;4H,1-3H2;;/q2*-3;;. The molecule has 0 heterocycles. The average molecular weight is 222 g/mol. The van der Waals surface area contributed by atoms with Crippen molar-refractivity contribution < 1.29 is 37.1 Å². The van der Waals surface area contributed by atoms with E-state index >= 15 is 0 Å². The van der Waals surface area contributed by atoms with E-state index in [-0.39, 0.29) is 43.0 Å². The van der Waals surface area contributed by atoms with Crippen molar-refractivity contribution in [1.29, 1.82) is 0 Å². The van der Waals surface area contributed by atoms with E-state index in [9.17, 15) is 0 Å². The van der Waals surface area contributed by atoms with Crippen molar-refractivity contribution in [2.24, 2.45) is 17.8 Å². The average Bonchev–Trinajstić information content (AvgIpc) is 1.11. The van der Waals surface area contributed by atoms with Gasteiger partial charge in [0.1, 0.15) is 0 Å². The summed E-state index contributed by atoms with van der Waals surface area (Å²) in [6.45, 7) is 10.2. The minimum absolute atomic E-state index is 0. The van der Waals surface area contributed by atoms with Gasteiger partial charge in [-0.2, -0.15) is 0 Å². The molecule has 3 fully saturated rings. The monoisotopic (exact) mass is 222 g/mol. The van der Waals surface area contributed by atoms with Gasteiger partial charge in [-0.05, 0) is 0 Å². The van der Waals surface area contributed by atoms with Gasteiger partial charge in [0.25, 0.3) is 0 Å². The molecule has 3 aliphatic carbocycles. The summed E-state index contributed by atoms with van der Waals surface area (Å²) in [4.78, 5) is 0. The Labute approximate surface area is 94.7 Å². The molecule has 3 saturated carbocycles. The molecule has 0 nitrogen and oxygen atoms in total. The van der Waals surface area contributed by atoms with Crippen LogP contribution in [0.2, 0.25) is 0 Å². The molecule has 11 heavy (non-hydrogen) atoms. The summed E-state index contributed by atoms with van der Waals surface area (Å²) >= 11 is 0. The molecule has 0 atom stereocenters. The summed E-state index contributed by atoms with van der Waals surface area (Å²) in [7, 11) is 0. The normalized spacial score (nSPS) is 29.5. The molecular weight excluding hydrogens is 210 g/mol. The first kappa shape index (κ1) is 14.7. The van der Waals surface area contributed by atoms with E-state index in [4.69, 9.17) is 0 Å². The third-order valence-electron chi connectivity index (χ3n) is 1.33. The Balaban J connectivity index is 0. The van der Waals surface area contributed by atoms with E-state index in [1.54, 1.807) is 0 Å². The molecule has 0 aliphatic heterocycles. The molecule has 0 amide bonds. The first-order valence-corrected chi connectivity index (χ1v) is 3.22. The summed E-state index contributed by atoms with van der Waals surface area (Å²) < 4.78 is 0. The Morgan fingerprint density at radius 2 is 0.909 bits per heavy atom. The summed E-state index contributed by atoms with van der Waals surface area (Å²) in [6.07, 6.45) is 7.00. The summed E-state index contributed by atoms with van der Waals surface area (Å²) in [5.41, 5.74) is 0. The minimum Gasteiger partial charge on any atom is -0.451 e. The predicted molar refractivity (Wildman–Crippen MR) is 39.4 cm³/mol. The van der Waals surface area contributed by atoms with Gasteiger partial charge in [-0.15, -0.1) is 0 Å². The van der Waals surface area contributed by atoms with Crippen LogP contribution in [-0.2, 0) is 37.1 Å². The topological polar surface area (TPSA) is 0 Å². The van der Waals surface area contributed by atoms with Crippen molar-refractivity contribution in [3.8, 4) is 0 Å². The van der Waals surface area contributed by atoms with Crippen LogP contribution in [0.25, 0.3) is 0 Å². The van der Waals surface area contributed by atoms with E-state index in [0.29, 0.717) is 0 Å². The second-order valence-corrected chi connectivity index (χ2v) is 2.60. The molecule has 0 aromatic rings. The van der Waals surface area contributed by atoms with Crippen LogP contribution in [0.5, 0.6) is 0 Å².